The van der Waals surface area contributed by atoms with Crippen LogP contribution in [-0.4, -0.2) is 16.9 Å². The van der Waals surface area contributed by atoms with Crippen LogP contribution < -0.4 is 0 Å². The Labute approximate surface area is 79.5 Å². The number of Topliss-reactive ketones (excluding diaryl/α,β-unsaturated/α-hetero) is 1. The third-order valence-corrected chi connectivity index (χ3v) is 1.31. The molecule has 0 saturated heterocycles. The average Bonchev–Trinajstić information content (AvgIpc) is 2.05. The van der Waals surface area contributed by atoms with Crippen molar-refractivity contribution in [2.24, 2.45) is 0 Å². The van der Waals surface area contributed by atoms with Crippen LogP contribution in [0.25, 0.3) is 0 Å². The van der Waals surface area contributed by atoms with Gasteiger partial charge in [0.05, 0.1) is 0 Å². The maximum absolute atomic E-state index is 10.3. The Kier molecular flexibility index (Phi) is 12.1. The predicted molar refractivity (Wildman–Crippen MR) is 52.7 cm³/mol. The second-order valence-electron chi connectivity index (χ2n) is 2.70. The van der Waals surface area contributed by atoms with Gasteiger partial charge in [-0.25, -0.2) is 4.79 Å². The monoisotopic (exact) mass is 186 g/mol. The molecule has 0 spiro atoms. The number of unbranched alkanes of at least 4 members (excludes halogenated alkanes) is 2. The van der Waals surface area contributed by atoms with E-state index in [1.165, 1.54) is 12.8 Å². The van der Waals surface area contributed by atoms with Gasteiger partial charge >= 0.3 is 5.97 Å². The summed E-state index contributed by atoms with van der Waals surface area (Å²) in [6.07, 6.45) is 5.08. The van der Waals surface area contributed by atoms with Crippen molar-refractivity contribution < 1.29 is 14.7 Å². The van der Waals surface area contributed by atoms with Crippen molar-refractivity contribution in [1.29, 1.82) is 0 Å². The lowest BCUT2D eigenvalue weighted by Crippen LogP contribution is -1.87. The van der Waals surface area contributed by atoms with E-state index in [4.69, 9.17) is 5.11 Å². The van der Waals surface area contributed by atoms with Gasteiger partial charge in [-0.1, -0.05) is 26.3 Å². The molecule has 0 aliphatic carbocycles. The van der Waals surface area contributed by atoms with Crippen molar-refractivity contribution in [3.05, 3.63) is 12.7 Å². The number of hydrogen-bond donors (Lipinski definition) is 1. The molecule has 0 heterocycles. The zero-order chi connectivity index (χ0) is 10.7. The minimum absolute atomic E-state index is 0.318. The average molecular weight is 186 g/mol. The van der Waals surface area contributed by atoms with Gasteiger partial charge < -0.3 is 9.90 Å². The fourth-order valence-electron chi connectivity index (χ4n) is 0.624. The molecule has 0 fully saturated rings. The van der Waals surface area contributed by atoms with Crippen LogP contribution in [0.15, 0.2) is 12.7 Å². The van der Waals surface area contributed by atoms with Gasteiger partial charge in [-0.15, -0.1) is 0 Å². The number of rotatable bonds is 5. The molecule has 0 bridgehead atoms. The minimum Gasteiger partial charge on any atom is -0.478 e. The molecule has 0 radical (unpaired) electrons. The van der Waals surface area contributed by atoms with E-state index in [9.17, 15) is 9.59 Å². The lowest BCUT2D eigenvalue weighted by Gasteiger charge is -1.90. The second kappa shape index (κ2) is 10.9. The van der Waals surface area contributed by atoms with E-state index in [1.807, 2.05) is 0 Å². The highest BCUT2D eigenvalue weighted by molar-refractivity contribution is 5.78. The summed E-state index contributed by atoms with van der Waals surface area (Å²) in [5, 5.41) is 7.60. The fraction of sp³-hybridized carbons (Fsp3) is 0.600. The van der Waals surface area contributed by atoms with Crippen LogP contribution in [0.5, 0.6) is 0 Å². The standard InChI is InChI=1S/C7H14O.C3H4O2/c1-3-4-5-6-7(2)8;1-2-3(4)5/h3-6H2,1-2H3;2H,1H2,(H,4,5). The lowest BCUT2D eigenvalue weighted by molar-refractivity contribution is -0.131. The molecule has 76 valence electrons. The van der Waals surface area contributed by atoms with Crippen molar-refractivity contribution >= 4 is 11.8 Å². The maximum Gasteiger partial charge on any atom is 0.327 e. The Bertz CT molecular complexity index is 162. The third kappa shape index (κ3) is 24.8. The van der Waals surface area contributed by atoms with Crippen LogP contribution in [0.4, 0.5) is 0 Å². The Balaban J connectivity index is 0. The van der Waals surface area contributed by atoms with Crippen LogP contribution in [0.3, 0.4) is 0 Å². The number of ketones is 1. The summed E-state index contributed by atoms with van der Waals surface area (Å²) in [6.45, 7) is 6.75. The topological polar surface area (TPSA) is 54.4 Å². The van der Waals surface area contributed by atoms with Gasteiger partial charge in [0.2, 0.25) is 0 Å². The maximum atomic E-state index is 10.3. The fourth-order valence-corrected chi connectivity index (χ4v) is 0.624. The first-order valence-electron chi connectivity index (χ1n) is 4.39. The number of aliphatic carboxylic acids is 1. The number of hydrogen-bond acceptors (Lipinski definition) is 2. The van der Waals surface area contributed by atoms with E-state index in [2.05, 4.69) is 13.5 Å². The Morgan fingerprint density at radius 3 is 2.08 bits per heavy atom. The summed E-state index contributed by atoms with van der Waals surface area (Å²) in [5.74, 6) is -0.663. The van der Waals surface area contributed by atoms with Crippen LogP contribution in [0.1, 0.15) is 39.5 Å². The van der Waals surface area contributed by atoms with Crippen molar-refractivity contribution in [2.45, 2.75) is 39.5 Å². The molecule has 1 N–H and O–H groups in total. The normalized spacial score (nSPS) is 8.15. The van der Waals surface area contributed by atoms with E-state index in [0.29, 0.717) is 5.78 Å². The quantitative estimate of drug-likeness (QED) is 0.530. The highest BCUT2D eigenvalue weighted by atomic mass is 16.4. The molecule has 0 saturated carbocycles. The first-order chi connectivity index (χ1) is 6.04. The molecule has 3 nitrogen and oxygen atoms in total. The minimum atomic E-state index is -0.981. The van der Waals surface area contributed by atoms with Crippen LogP contribution in [-0.2, 0) is 9.59 Å². The predicted octanol–water partition coefficient (Wildman–Crippen LogP) is 2.41. The lowest BCUT2D eigenvalue weighted by atomic mass is 10.2. The van der Waals surface area contributed by atoms with E-state index >= 15 is 0 Å². The Morgan fingerprint density at radius 1 is 1.38 bits per heavy atom. The number of carbonyl (C=O) groups is 2. The molecule has 0 atom stereocenters. The van der Waals surface area contributed by atoms with Crippen molar-refractivity contribution in [3.63, 3.8) is 0 Å². The summed E-state index contributed by atoms with van der Waals surface area (Å²) >= 11 is 0. The largest absolute Gasteiger partial charge is 0.478 e. The first-order valence-corrected chi connectivity index (χ1v) is 4.39. The molecule has 0 unspecified atom stereocenters. The molecule has 13 heavy (non-hydrogen) atoms. The van der Waals surface area contributed by atoms with Crippen LogP contribution in [0.2, 0.25) is 0 Å². The Morgan fingerprint density at radius 2 is 1.85 bits per heavy atom. The van der Waals surface area contributed by atoms with Crippen molar-refractivity contribution in [2.75, 3.05) is 0 Å². The van der Waals surface area contributed by atoms with E-state index < -0.39 is 5.97 Å². The molecule has 0 aromatic heterocycles. The smallest absolute Gasteiger partial charge is 0.327 e. The zero-order valence-corrected chi connectivity index (χ0v) is 8.38. The van der Waals surface area contributed by atoms with Crippen LogP contribution in [0, 0.1) is 0 Å². The summed E-state index contributed by atoms with van der Waals surface area (Å²) < 4.78 is 0. The van der Waals surface area contributed by atoms with E-state index in [1.54, 1.807) is 6.92 Å². The molecule has 0 rings (SSSR count). The van der Waals surface area contributed by atoms with Gasteiger partial charge in [0, 0.05) is 12.5 Å². The molecule has 0 aromatic rings. The number of carboxylic acids is 1. The van der Waals surface area contributed by atoms with Crippen molar-refractivity contribution in [3.8, 4) is 0 Å². The molecule has 0 amide bonds. The summed E-state index contributed by atoms with van der Waals surface area (Å²) in [7, 11) is 0. The first kappa shape index (κ1) is 14.4. The highest BCUT2D eigenvalue weighted by Crippen LogP contribution is 1.98. The van der Waals surface area contributed by atoms with Gasteiger partial charge in [-0.2, -0.15) is 0 Å². The summed E-state index contributed by atoms with van der Waals surface area (Å²) in [4.78, 5) is 19.6. The SMILES string of the molecule is C=CC(=O)O.CCCCCC(C)=O. The highest BCUT2D eigenvalue weighted by Gasteiger charge is 1.89. The van der Waals surface area contributed by atoms with Gasteiger partial charge in [0.1, 0.15) is 5.78 Å². The molecule has 3 heteroatoms. The zero-order valence-electron chi connectivity index (χ0n) is 8.38. The van der Waals surface area contributed by atoms with Gasteiger partial charge in [-0.3, -0.25) is 0 Å². The van der Waals surface area contributed by atoms with E-state index in [0.717, 1.165) is 18.9 Å². The summed E-state index contributed by atoms with van der Waals surface area (Å²) in [5.41, 5.74) is 0. The number of carboxylic acid groups (broad SMARTS) is 1. The van der Waals surface area contributed by atoms with E-state index in [-0.39, 0.29) is 0 Å². The molecule has 0 aliphatic heterocycles. The molecule has 0 aromatic carbocycles. The van der Waals surface area contributed by atoms with Gasteiger partial charge in [0.15, 0.2) is 0 Å². The summed E-state index contributed by atoms with van der Waals surface area (Å²) in [6, 6.07) is 0. The molecular formula is C10H18O3. The van der Waals surface area contributed by atoms with Crippen LogP contribution >= 0.6 is 0 Å². The molecule has 0 aliphatic rings. The Hall–Kier alpha value is -1.12. The van der Waals surface area contributed by atoms with Gasteiger partial charge in [-0.05, 0) is 13.3 Å². The number of carbonyl (C=O) groups excluding carboxylic acids is 1. The third-order valence-electron chi connectivity index (χ3n) is 1.31. The van der Waals surface area contributed by atoms with Crippen molar-refractivity contribution in [1.82, 2.24) is 0 Å². The molecular weight excluding hydrogens is 168 g/mol. The van der Waals surface area contributed by atoms with Gasteiger partial charge in [0.25, 0.3) is 0 Å². The second-order valence-corrected chi connectivity index (χ2v) is 2.70.